The Bertz CT molecular complexity index is 496. The quantitative estimate of drug-likeness (QED) is 0.886. The fraction of sp³-hybridized carbons (Fsp3) is 0.750. The van der Waals surface area contributed by atoms with Gasteiger partial charge in [0.25, 0.3) is 0 Å². The van der Waals surface area contributed by atoms with Gasteiger partial charge in [0.1, 0.15) is 0 Å². The maximum Gasteiger partial charge on any atom is 0.150 e. The summed E-state index contributed by atoms with van der Waals surface area (Å²) in [7, 11) is -0.872. The van der Waals surface area contributed by atoms with Gasteiger partial charge in [0, 0.05) is 5.38 Å². The molecule has 2 rings (SSSR count). The molecule has 4 nitrogen and oxygen atoms in total. The van der Waals surface area contributed by atoms with Gasteiger partial charge in [-0.1, -0.05) is 0 Å². The first kappa shape index (κ1) is 14.0. The molecule has 0 bridgehead atoms. The molecule has 0 saturated carbocycles. The van der Waals surface area contributed by atoms with Crippen LogP contribution in [-0.4, -0.2) is 38.5 Å². The second kappa shape index (κ2) is 5.67. The highest BCUT2D eigenvalue weighted by atomic mass is 32.2. The van der Waals surface area contributed by atoms with Gasteiger partial charge in [-0.15, -0.1) is 11.3 Å². The van der Waals surface area contributed by atoms with Gasteiger partial charge in [-0.05, 0) is 45.2 Å². The van der Waals surface area contributed by atoms with Crippen LogP contribution in [0.2, 0.25) is 0 Å². The van der Waals surface area contributed by atoms with E-state index < -0.39 is 9.84 Å². The fourth-order valence-electron chi connectivity index (χ4n) is 2.63. The van der Waals surface area contributed by atoms with E-state index in [0.717, 1.165) is 30.1 Å². The molecule has 2 heterocycles. The molecule has 1 N–H and O–H groups in total. The summed E-state index contributed by atoms with van der Waals surface area (Å²) >= 11 is 1.66. The summed E-state index contributed by atoms with van der Waals surface area (Å²) in [5.41, 5.74) is 1.10. The van der Waals surface area contributed by atoms with Crippen molar-refractivity contribution in [3.63, 3.8) is 0 Å². The van der Waals surface area contributed by atoms with Crippen molar-refractivity contribution in [3.8, 4) is 0 Å². The van der Waals surface area contributed by atoms with Gasteiger partial charge in [0.05, 0.1) is 22.2 Å². The van der Waals surface area contributed by atoms with Gasteiger partial charge in [0.2, 0.25) is 0 Å². The summed E-state index contributed by atoms with van der Waals surface area (Å²) in [4.78, 5) is 4.48. The molecule has 0 radical (unpaired) electrons. The van der Waals surface area contributed by atoms with Crippen LogP contribution in [0.15, 0.2) is 5.38 Å². The van der Waals surface area contributed by atoms with E-state index in [1.54, 1.807) is 11.3 Å². The molecule has 1 aromatic heterocycles. The molecule has 6 heteroatoms. The average molecular weight is 288 g/mol. The summed E-state index contributed by atoms with van der Waals surface area (Å²) in [5.74, 6) is 1.36. The van der Waals surface area contributed by atoms with Crippen LogP contribution < -0.4 is 5.32 Å². The van der Waals surface area contributed by atoms with Gasteiger partial charge < -0.3 is 5.32 Å². The highest BCUT2D eigenvalue weighted by Crippen LogP contribution is 2.28. The number of nitrogens with zero attached hydrogens (tertiary/aromatic N) is 1. The lowest BCUT2D eigenvalue weighted by Crippen LogP contribution is -2.28. The van der Waals surface area contributed by atoms with Gasteiger partial charge >= 0.3 is 0 Å². The van der Waals surface area contributed by atoms with Crippen LogP contribution in [0.1, 0.15) is 17.1 Å². The third-order valence-corrected chi connectivity index (χ3v) is 6.15. The van der Waals surface area contributed by atoms with Crippen molar-refractivity contribution in [1.29, 1.82) is 0 Å². The van der Waals surface area contributed by atoms with Crippen molar-refractivity contribution >= 4 is 21.2 Å². The summed E-state index contributed by atoms with van der Waals surface area (Å²) in [6.07, 6.45) is 1.68. The highest BCUT2D eigenvalue weighted by molar-refractivity contribution is 7.91. The number of thiazole rings is 1. The molecular weight excluding hydrogens is 268 g/mol. The zero-order valence-corrected chi connectivity index (χ0v) is 12.5. The summed E-state index contributed by atoms with van der Waals surface area (Å²) in [6.45, 7) is 2.86. The van der Waals surface area contributed by atoms with Crippen molar-refractivity contribution < 1.29 is 8.42 Å². The van der Waals surface area contributed by atoms with Crippen LogP contribution in [0.25, 0.3) is 0 Å². The van der Waals surface area contributed by atoms with Crippen molar-refractivity contribution in [2.24, 2.45) is 11.8 Å². The van der Waals surface area contributed by atoms with Crippen molar-refractivity contribution in [2.75, 3.05) is 25.1 Å². The number of hydrogen-bond acceptors (Lipinski definition) is 5. The molecule has 1 saturated heterocycles. The second-order valence-electron chi connectivity index (χ2n) is 5.04. The lowest BCUT2D eigenvalue weighted by Gasteiger charge is -2.21. The Hall–Kier alpha value is -0.460. The molecule has 1 fully saturated rings. The Morgan fingerprint density at radius 2 is 2.39 bits per heavy atom. The monoisotopic (exact) mass is 288 g/mol. The molecule has 0 aliphatic carbocycles. The van der Waals surface area contributed by atoms with Crippen molar-refractivity contribution in [2.45, 2.75) is 19.8 Å². The highest BCUT2D eigenvalue weighted by Gasteiger charge is 2.33. The Morgan fingerprint density at radius 1 is 1.61 bits per heavy atom. The number of sulfone groups is 1. The second-order valence-corrected chi connectivity index (χ2v) is 8.33. The average Bonchev–Trinajstić information content (AvgIpc) is 2.84. The number of nitrogens with one attached hydrogen (secondary N) is 1. The summed E-state index contributed by atoms with van der Waals surface area (Å²) < 4.78 is 23.1. The Morgan fingerprint density at radius 3 is 2.89 bits per heavy atom. The molecule has 18 heavy (non-hydrogen) atoms. The first-order valence-electron chi connectivity index (χ1n) is 6.26. The van der Waals surface area contributed by atoms with Crippen LogP contribution in [0, 0.1) is 18.8 Å². The smallest absolute Gasteiger partial charge is 0.150 e. The Labute approximate surface area is 113 Å². The molecule has 0 amide bonds. The maximum atomic E-state index is 11.6. The van der Waals surface area contributed by atoms with Gasteiger partial charge in [-0.3, -0.25) is 0 Å². The van der Waals surface area contributed by atoms with Crippen LogP contribution in [0.5, 0.6) is 0 Å². The van der Waals surface area contributed by atoms with Gasteiger partial charge in [-0.25, -0.2) is 13.4 Å². The lowest BCUT2D eigenvalue weighted by atomic mass is 9.88. The number of aromatic nitrogens is 1. The Balaban J connectivity index is 2.04. The van der Waals surface area contributed by atoms with Crippen molar-refractivity contribution in [1.82, 2.24) is 10.3 Å². The van der Waals surface area contributed by atoms with Gasteiger partial charge in [-0.2, -0.15) is 0 Å². The number of hydrogen-bond donors (Lipinski definition) is 1. The van der Waals surface area contributed by atoms with E-state index in [0.29, 0.717) is 17.4 Å². The Kier molecular flexibility index (Phi) is 4.40. The molecule has 1 aliphatic rings. The van der Waals surface area contributed by atoms with E-state index in [1.807, 2.05) is 14.0 Å². The first-order valence-corrected chi connectivity index (χ1v) is 8.96. The van der Waals surface area contributed by atoms with Crippen LogP contribution >= 0.6 is 11.3 Å². The minimum Gasteiger partial charge on any atom is -0.319 e. The maximum absolute atomic E-state index is 11.6. The van der Waals surface area contributed by atoms with Crippen molar-refractivity contribution in [3.05, 3.63) is 16.1 Å². The fourth-order valence-corrected chi connectivity index (χ4v) is 5.18. The zero-order chi connectivity index (χ0) is 13.2. The van der Waals surface area contributed by atoms with Crippen LogP contribution in [0.3, 0.4) is 0 Å². The van der Waals surface area contributed by atoms with E-state index in [-0.39, 0.29) is 5.92 Å². The third kappa shape index (κ3) is 3.52. The largest absolute Gasteiger partial charge is 0.319 e. The summed E-state index contributed by atoms with van der Waals surface area (Å²) in [6, 6.07) is 0. The van der Waals surface area contributed by atoms with E-state index in [2.05, 4.69) is 15.7 Å². The number of aryl methyl sites for hydroxylation is 1. The van der Waals surface area contributed by atoms with E-state index >= 15 is 0 Å². The predicted molar refractivity (Wildman–Crippen MR) is 74.7 cm³/mol. The van der Waals surface area contributed by atoms with Gasteiger partial charge in [0.15, 0.2) is 9.84 Å². The topological polar surface area (TPSA) is 59.1 Å². The van der Waals surface area contributed by atoms with E-state index in [1.165, 1.54) is 0 Å². The first-order chi connectivity index (χ1) is 8.50. The third-order valence-electron chi connectivity index (χ3n) is 3.54. The van der Waals surface area contributed by atoms with E-state index in [4.69, 9.17) is 0 Å². The molecule has 2 atom stereocenters. The van der Waals surface area contributed by atoms with Crippen LogP contribution in [0.4, 0.5) is 0 Å². The lowest BCUT2D eigenvalue weighted by molar-refractivity contribution is 0.349. The normalized spacial score (nSPS) is 24.2. The minimum atomic E-state index is -2.79. The number of rotatable bonds is 5. The SMILES string of the molecule is CNCC(Cc1csc(C)n1)C1CCS(=O)(=O)C1. The van der Waals surface area contributed by atoms with E-state index in [9.17, 15) is 8.42 Å². The molecule has 102 valence electrons. The molecule has 2 unspecified atom stereocenters. The minimum absolute atomic E-state index is 0.282. The van der Waals surface area contributed by atoms with Crippen LogP contribution in [-0.2, 0) is 16.3 Å². The standard InChI is InChI=1S/C12H20N2O2S2/c1-9-14-12(7-17-9)5-11(6-13-2)10-3-4-18(15,16)8-10/h7,10-11,13H,3-6,8H2,1-2H3. The predicted octanol–water partition coefficient (Wildman–Crippen LogP) is 1.26. The molecule has 1 aromatic rings. The molecule has 1 aliphatic heterocycles. The summed E-state index contributed by atoms with van der Waals surface area (Å²) in [5, 5.41) is 6.34. The molecule has 0 spiro atoms. The molecular formula is C12H20N2O2S2. The molecule has 0 aromatic carbocycles. The zero-order valence-electron chi connectivity index (χ0n) is 10.8.